The van der Waals surface area contributed by atoms with Gasteiger partial charge in [0.15, 0.2) is 0 Å². The summed E-state index contributed by atoms with van der Waals surface area (Å²) in [5, 5.41) is 3.85. The van der Waals surface area contributed by atoms with Crippen LogP contribution in [0.3, 0.4) is 0 Å². The Kier molecular flexibility index (Phi) is 5.53. The number of rotatable bonds is 9. The van der Waals surface area contributed by atoms with Crippen LogP contribution in [0.25, 0.3) is 11.0 Å². The van der Waals surface area contributed by atoms with Crippen LogP contribution in [-0.2, 0) is 16.1 Å². The van der Waals surface area contributed by atoms with Crippen LogP contribution in [0.1, 0.15) is 45.2 Å². The zero-order valence-electron chi connectivity index (χ0n) is 17.0. The van der Waals surface area contributed by atoms with Gasteiger partial charge in [-0.1, -0.05) is 0 Å². The Morgan fingerprint density at radius 2 is 2.11 bits per heavy atom. The van der Waals surface area contributed by atoms with Crippen molar-refractivity contribution in [2.45, 2.75) is 65.1 Å². The molecule has 7 nitrogen and oxygen atoms in total. The number of aromatic nitrogens is 3. The Labute approximate surface area is 165 Å². The number of fused-ring (bicyclic) bond motifs is 1. The van der Waals surface area contributed by atoms with Crippen molar-refractivity contribution in [2.24, 2.45) is 11.8 Å². The third-order valence-electron chi connectivity index (χ3n) is 5.68. The van der Waals surface area contributed by atoms with Crippen molar-refractivity contribution in [3.8, 4) is 5.88 Å². The van der Waals surface area contributed by atoms with Crippen molar-refractivity contribution in [1.29, 1.82) is 0 Å². The van der Waals surface area contributed by atoms with E-state index < -0.39 is 0 Å². The lowest BCUT2D eigenvalue weighted by atomic mass is 9.83. The van der Waals surface area contributed by atoms with Crippen LogP contribution in [0.5, 0.6) is 5.88 Å². The van der Waals surface area contributed by atoms with E-state index in [0.29, 0.717) is 25.0 Å². The summed E-state index contributed by atoms with van der Waals surface area (Å²) in [7, 11) is 0. The number of carbonyl (C=O) groups excluding carboxylic acids is 1. The third-order valence-corrected chi connectivity index (χ3v) is 5.68. The van der Waals surface area contributed by atoms with E-state index in [1.807, 2.05) is 6.92 Å². The number of carbonyl (C=O) groups is 1. The van der Waals surface area contributed by atoms with Crippen molar-refractivity contribution in [2.75, 3.05) is 13.2 Å². The minimum Gasteiger partial charge on any atom is -0.477 e. The summed E-state index contributed by atoms with van der Waals surface area (Å²) in [5.41, 5.74) is 2.20. The standard InChI is InChI=1S/C21H30N4O3/c1-13(24-15(3)26)10-27-18-7-17(8-18)11-28-21-19-6-14(2)25(9-16-4-5-16)20(19)22-12-23-21/h6,12-13,16-18H,4-5,7-11H2,1-3H3,(H,24,26)/t13-,17?,18?/m0/s1. The lowest BCUT2D eigenvalue weighted by molar-refractivity contribution is -0.120. The second kappa shape index (κ2) is 8.07. The topological polar surface area (TPSA) is 78.3 Å². The Hall–Kier alpha value is -2.15. The van der Waals surface area contributed by atoms with E-state index >= 15 is 0 Å². The number of aryl methyl sites for hydroxylation is 1. The van der Waals surface area contributed by atoms with E-state index in [4.69, 9.17) is 9.47 Å². The fraction of sp³-hybridized carbons (Fsp3) is 0.667. The van der Waals surface area contributed by atoms with Crippen LogP contribution >= 0.6 is 0 Å². The van der Waals surface area contributed by atoms with E-state index in [2.05, 4.69) is 32.8 Å². The summed E-state index contributed by atoms with van der Waals surface area (Å²) in [6.07, 6.45) is 6.49. The van der Waals surface area contributed by atoms with Gasteiger partial charge in [0.05, 0.1) is 24.7 Å². The van der Waals surface area contributed by atoms with Gasteiger partial charge in [0.2, 0.25) is 11.8 Å². The highest BCUT2D eigenvalue weighted by Gasteiger charge is 2.31. The SMILES string of the molecule is CC(=O)N[C@@H](C)COC1CC(COc2ncnc3c2cc(C)n3CC2CC2)C1. The van der Waals surface area contributed by atoms with E-state index in [0.717, 1.165) is 36.3 Å². The second-order valence-electron chi connectivity index (χ2n) is 8.46. The summed E-state index contributed by atoms with van der Waals surface area (Å²) in [5.74, 6) is 1.95. The van der Waals surface area contributed by atoms with Crippen molar-refractivity contribution < 1.29 is 14.3 Å². The van der Waals surface area contributed by atoms with Gasteiger partial charge < -0.3 is 19.4 Å². The smallest absolute Gasteiger partial charge is 0.226 e. The van der Waals surface area contributed by atoms with Gasteiger partial charge in [0.25, 0.3) is 0 Å². The first-order chi connectivity index (χ1) is 13.5. The van der Waals surface area contributed by atoms with Gasteiger partial charge in [-0.05, 0) is 57.4 Å². The number of hydrogen-bond donors (Lipinski definition) is 1. The maximum Gasteiger partial charge on any atom is 0.226 e. The first kappa shape index (κ1) is 19.2. The molecule has 4 rings (SSSR count). The molecule has 0 saturated heterocycles. The molecule has 2 saturated carbocycles. The first-order valence-electron chi connectivity index (χ1n) is 10.3. The molecule has 2 fully saturated rings. The highest BCUT2D eigenvalue weighted by atomic mass is 16.5. The molecule has 0 unspecified atom stereocenters. The van der Waals surface area contributed by atoms with Crippen LogP contribution in [0.4, 0.5) is 0 Å². The van der Waals surface area contributed by atoms with Crippen molar-refractivity contribution in [3.63, 3.8) is 0 Å². The molecule has 0 aliphatic heterocycles. The summed E-state index contributed by atoms with van der Waals surface area (Å²) in [6.45, 7) is 7.86. The third kappa shape index (κ3) is 4.46. The normalized spacial score (nSPS) is 22.7. The lowest BCUT2D eigenvalue weighted by Crippen LogP contribution is -2.40. The maximum atomic E-state index is 11.0. The van der Waals surface area contributed by atoms with Gasteiger partial charge >= 0.3 is 0 Å². The van der Waals surface area contributed by atoms with Crippen molar-refractivity contribution >= 4 is 16.9 Å². The molecular weight excluding hydrogens is 356 g/mol. The monoisotopic (exact) mass is 386 g/mol. The van der Waals surface area contributed by atoms with Gasteiger partial charge in [-0.25, -0.2) is 9.97 Å². The number of hydrogen-bond acceptors (Lipinski definition) is 5. The zero-order valence-corrected chi connectivity index (χ0v) is 17.0. The quantitative estimate of drug-likeness (QED) is 0.717. The molecule has 0 radical (unpaired) electrons. The van der Waals surface area contributed by atoms with Gasteiger partial charge in [0, 0.05) is 25.2 Å². The minimum atomic E-state index is -0.0200. The Bertz CT molecular complexity index is 840. The van der Waals surface area contributed by atoms with Crippen LogP contribution < -0.4 is 10.1 Å². The van der Waals surface area contributed by atoms with Gasteiger partial charge in [-0.15, -0.1) is 0 Å². The summed E-state index contributed by atoms with van der Waals surface area (Å²) < 4.78 is 14.2. The van der Waals surface area contributed by atoms with E-state index in [-0.39, 0.29) is 18.1 Å². The van der Waals surface area contributed by atoms with Crippen molar-refractivity contribution in [3.05, 3.63) is 18.1 Å². The molecule has 2 aliphatic carbocycles. The fourth-order valence-electron chi connectivity index (χ4n) is 3.88. The fourth-order valence-corrected chi connectivity index (χ4v) is 3.88. The number of nitrogens with one attached hydrogen (secondary N) is 1. The highest BCUT2D eigenvalue weighted by molar-refractivity contribution is 5.82. The predicted octanol–water partition coefficient (Wildman–Crippen LogP) is 2.85. The average Bonchev–Trinajstić information content (AvgIpc) is 3.36. The molecule has 1 atom stereocenters. The van der Waals surface area contributed by atoms with E-state index in [1.165, 1.54) is 25.5 Å². The predicted molar refractivity (Wildman–Crippen MR) is 106 cm³/mol. The van der Waals surface area contributed by atoms with Gasteiger partial charge in [-0.2, -0.15) is 0 Å². The molecule has 28 heavy (non-hydrogen) atoms. The average molecular weight is 386 g/mol. The lowest BCUT2D eigenvalue weighted by Gasteiger charge is -2.35. The molecule has 0 aromatic carbocycles. The number of ether oxygens (including phenoxy) is 2. The van der Waals surface area contributed by atoms with Crippen LogP contribution in [-0.4, -0.2) is 45.8 Å². The largest absolute Gasteiger partial charge is 0.477 e. The molecule has 2 aromatic rings. The maximum absolute atomic E-state index is 11.0. The van der Waals surface area contributed by atoms with Crippen LogP contribution in [0, 0.1) is 18.8 Å². The van der Waals surface area contributed by atoms with Crippen molar-refractivity contribution in [1.82, 2.24) is 19.9 Å². The van der Waals surface area contributed by atoms with Gasteiger partial charge in [-0.3, -0.25) is 4.79 Å². The molecule has 7 heteroatoms. The molecule has 2 aliphatic rings. The molecule has 0 bridgehead atoms. The zero-order chi connectivity index (χ0) is 19.7. The summed E-state index contributed by atoms with van der Waals surface area (Å²) in [4.78, 5) is 19.9. The molecule has 1 amide bonds. The Morgan fingerprint density at radius 3 is 2.82 bits per heavy atom. The first-order valence-corrected chi connectivity index (χ1v) is 10.3. The second-order valence-corrected chi connectivity index (χ2v) is 8.46. The van der Waals surface area contributed by atoms with Crippen LogP contribution in [0.15, 0.2) is 12.4 Å². The van der Waals surface area contributed by atoms with Crippen LogP contribution in [0.2, 0.25) is 0 Å². The number of amides is 1. The Morgan fingerprint density at radius 1 is 1.32 bits per heavy atom. The summed E-state index contributed by atoms with van der Waals surface area (Å²) >= 11 is 0. The number of nitrogens with zero attached hydrogens (tertiary/aromatic N) is 3. The van der Waals surface area contributed by atoms with Gasteiger partial charge in [0.1, 0.15) is 12.0 Å². The minimum absolute atomic E-state index is 0.0200. The molecule has 1 N–H and O–H groups in total. The highest BCUT2D eigenvalue weighted by Crippen LogP contribution is 2.35. The molecule has 2 heterocycles. The molecule has 0 spiro atoms. The summed E-state index contributed by atoms with van der Waals surface area (Å²) in [6, 6.07) is 2.19. The molecule has 152 valence electrons. The molecular formula is C21H30N4O3. The van der Waals surface area contributed by atoms with E-state index in [9.17, 15) is 4.79 Å². The van der Waals surface area contributed by atoms with E-state index in [1.54, 1.807) is 6.33 Å². The Balaban J connectivity index is 1.27. The molecule has 2 aromatic heterocycles.